The lowest BCUT2D eigenvalue weighted by atomic mass is 10.1. The van der Waals surface area contributed by atoms with Gasteiger partial charge in [-0.3, -0.25) is 14.6 Å². The Morgan fingerprint density at radius 2 is 1.96 bits per heavy atom. The summed E-state index contributed by atoms with van der Waals surface area (Å²) in [7, 11) is 1.91. The van der Waals surface area contributed by atoms with Crippen LogP contribution in [0.1, 0.15) is 30.7 Å². The van der Waals surface area contributed by atoms with Crippen LogP contribution in [0.5, 0.6) is 0 Å². The Labute approximate surface area is 148 Å². The van der Waals surface area contributed by atoms with Gasteiger partial charge in [0.05, 0.1) is 29.0 Å². The van der Waals surface area contributed by atoms with Gasteiger partial charge >= 0.3 is 5.97 Å². The number of fused-ring (bicyclic) bond motifs is 1. The number of benzene rings is 1. The van der Waals surface area contributed by atoms with Crippen molar-refractivity contribution in [2.24, 2.45) is 0 Å². The average molecular weight is 342 g/mol. The number of aromatic nitrogens is 2. The number of carboxylic acid groups (broad SMARTS) is 1. The minimum Gasteiger partial charge on any atom is -0.480 e. The molecule has 0 spiro atoms. The average Bonchev–Trinajstić information content (AvgIpc) is 2.80. The van der Waals surface area contributed by atoms with E-state index in [9.17, 15) is 4.79 Å². The van der Waals surface area contributed by atoms with Gasteiger partial charge in [0.25, 0.3) is 0 Å². The molecule has 2 aromatic rings. The van der Waals surface area contributed by atoms with Gasteiger partial charge < -0.3 is 5.11 Å². The van der Waals surface area contributed by atoms with Crippen molar-refractivity contribution in [2.75, 3.05) is 26.7 Å². The molecule has 1 aromatic heterocycles. The van der Waals surface area contributed by atoms with E-state index < -0.39 is 5.97 Å². The van der Waals surface area contributed by atoms with E-state index in [1.165, 1.54) is 0 Å². The fourth-order valence-electron chi connectivity index (χ4n) is 3.57. The first kappa shape index (κ1) is 17.8. The summed E-state index contributed by atoms with van der Waals surface area (Å²) >= 11 is 0. The second kappa shape index (κ2) is 7.89. The molecule has 0 amide bonds. The van der Waals surface area contributed by atoms with Crippen LogP contribution >= 0.6 is 0 Å². The maximum Gasteiger partial charge on any atom is 0.317 e. The molecule has 25 heavy (non-hydrogen) atoms. The number of hydrogen-bond donors (Lipinski definition) is 1. The molecule has 0 radical (unpaired) electrons. The largest absolute Gasteiger partial charge is 0.480 e. The molecule has 6 nitrogen and oxygen atoms in total. The Morgan fingerprint density at radius 3 is 2.68 bits per heavy atom. The molecule has 0 bridgehead atoms. The number of aryl methyl sites for hydroxylation is 1. The number of para-hydroxylation sites is 2. The van der Waals surface area contributed by atoms with Crippen molar-refractivity contribution in [1.29, 1.82) is 0 Å². The third-order valence-corrected chi connectivity index (χ3v) is 5.01. The second-order valence-electron chi connectivity index (χ2n) is 6.91. The van der Waals surface area contributed by atoms with Crippen molar-refractivity contribution < 1.29 is 9.90 Å². The predicted octanol–water partition coefficient (Wildman–Crippen LogP) is 2.31. The zero-order valence-corrected chi connectivity index (χ0v) is 15.0. The molecular weight excluding hydrogens is 316 g/mol. The Morgan fingerprint density at radius 1 is 1.24 bits per heavy atom. The Kier molecular flexibility index (Phi) is 5.60. The number of likely N-dealkylation sites (N-methyl/N-ethyl adjacent to an activating group) is 1. The van der Waals surface area contributed by atoms with E-state index in [0.717, 1.165) is 61.3 Å². The fraction of sp³-hybridized carbons (Fsp3) is 0.526. The van der Waals surface area contributed by atoms with Crippen LogP contribution in [0.4, 0.5) is 0 Å². The standard InChI is InChI=1S/C19H26N4O2/c1-14-18(21-17-8-4-3-7-16(17)20-14)12-23-10-5-6-15(9-11-23)22(2)13-19(24)25/h3-4,7-8,15H,5-6,9-13H2,1-2H3,(H,24,25). The van der Waals surface area contributed by atoms with Crippen molar-refractivity contribution in [3.8, 4) is 0 Å². The summed E-state index contributed by atoms with van der Waals surface area (Å²) in [5.41, 5.74) is 3.91. The lowest BCUT2D eigenvalue weighted by Gasteiger charge is -2.25. The van der Waals surface area contributed by atoms with Crippen LogP contribution in [0, 0.1) is 6.92 Å². The molecule has 134 valence electrons. The predicted molar refractivity (Wildman–Crippen MR) is 97.5 cm³/mol. The van der Waals surface area contributed by atoms with E-state index >= 15 is 0 Å². The Balaban J connectivity index is 1.66. The molecule has 0 saturated carbocycles. The second-order valence-corrected chi connectivity index (χ2v) is 6.91. The highest BCUT2D eigenvalue weighted by Gasteiger charge is 2.22. The van der Waals surface area contributed by atoms with Crippen LogP contribution in [0.25, 0.3) is 11.0 Å². The van der Waals surface area contributed by atoms with Crippen molar-refractivity contribution in [1.82, 2.24) is 19.8 Å². The summed E-state index contributed by atoms with van der Waals surface area (Å²) in [5.74, 6) is -0.759. The van der Waals surface area contributed by atoms with Gasteiger partial charge in [0.1, 0.15) is 0 Å². The maximum absolute atomic E-state index is 10.9. The van der Waals surface area contributed by atoms with Crippen LogP contribution in [-0.4, -0.2) is 63.6 Å². The first-order chi connectivity index (χ1) is 12.0. The van der Waals surface area contributed by atoms with Crippen molar-refractivity contribution in [3.63, 3.8) is 0 Å². The highest BCUT2D eigenvalue weighted by molar-refractivity contribution is 5.74. The number of carbonyl (C=O) groups is 1. The van der Waals surface area contributed by atoms with E-state index in [4.69, 9.17) is 10.1 Å². The molecule has 1 aliphatic rings. The van der Waals surface area contributed by atoms with Crippen LogP contribution in [0.2, 0.25) is 0 Å². The van der Waals surface area contributed by atoms with Gasteiger partial charge in [0.2, 0.25) is 0 Å². The number of rotatable bonds is 5. The third-order valence-electron chi connectivity index (χ3n) is 5.01. The van der Waals surface area contributed by atoms with Crippen LogP contribution < -0.4 is 0 Å². The quantitative estimate of drug-likeness (QED) is 0.899. The maximum atomic E-state index is 10.9. The fourth-order valence-corrected chi connectivity index (χ4v) is 3.57. The van der Waals surface area contributed by atoms with Gasteiger partial charge in [-0.05, 0) is 51.9 Å². The topological polar surface area (TPSA) is 69.6 Å². The molecule has 1 saturated heterocycles. The van der Waals surface area contributed by atoms with E-state index in [-0.39, 0.29) is 6.54 Å². The molecule has 1 fully saturated rings. The molecule has 6 heteroatoms. The van der Waals surface area contributed by atoms with Crippen LogP contribution in [-0.2, 0) is 11.3 Å². The van der Waals surface area contributed by atoms with E-state index in [0.29, 0.717) is 6.04 Å². The van der Waals surface area contributed by atoms with Crippen LogP contribution in [0.15, 0.2) is 24.3 Å². The van der Waals surface area contributed by atoms with Gasteiger partial charge in [-0.25, -0.2) is 9.97 Å². The van der Waals surface area contributed by atoms with Gasteiger partial charge in [0.15, 0.2) is 0 Å². The normalized spacial score (nSPS) is 19.2. The lowest BCUT2D eigenvalue weighted by Crippen LogP contribution is -2.36. The monoisotopic (exact) mass is 342 g/mol. The summed E-state index contributed by atoms with van der Waals surface area (Å²) < 4.78 is 0. The summed E-state index contributed by atoms with van der Waals surface area (Å²) in [6, 6.07) is 8.31. The SMILES string of the molecule is Cc1nc2ccccc2nc1CN1CCCC(N(C)CC(=O)O)CC1. The minimum atomic E-state index is -0.759. The minimum absolute atomic E-state index is 0.111. The zero-order chi connectivity index (χ0) is 17.8. The summed E-state index contributed by atoms with van der Waals surface area (Å²) in [6.07, 6.45) is 3.11. The highest BCUT2D eigenvalue weighted by atomic mass is 16.4. The van der Waals surface area contributed by atoms with Crippen molar-refractivity contribution in [3.05, 3.63) is 35.7 Å². The first-order valence-corrected chi connectivity index (χ1v) is 8.89. The molecule has 1 N–H and O–H groups in total. The summed E-state index contributed by atoms with van der Waals surface area (Å²) in [5, 5.41) is 8.98. The molecule has 1 unspecified atom stereocenters. The number of aliphatic carboxylic acids is 1. The van der Waals surface area contributed by atoms with Gasteiger partial charge in [-0.15, -0.1) is 0 Å². The third kappa shape index (κ3) is 4.52. The smallest absolute Gasteiger partial charge is 0.317 e. The number of nitrogens with zero attached hydrogens (tertiary/aromatic N) is 4. The molecule has 3 rings (SSSR count). The molecule has 0 aliphatic carbocycles. The van der Waals surface area contributed by atoms with Crippen molar-refractivity contribution >= 4 is 17.0 Å². The van der Waals surface area contributed by atoms with Crippen LogP contribution in [0.3, 0.4) is 0 Å². The lowest BCUT2D eigenvalue weighted by molar-refractivity contribution is -0.138. The highest BCUT2D eigenvalue weighted by Crippen LogP contribution is 2.19. The summed E-state index contributed by atoms with van der Waals surface area (Å²) in [6.45, 7) is 4.92. The van der Waals surface area contributed by atoms with Gasteiger partial charge in [0, 0.05) is 19.1 Å². The van der Waals surface area contributed by atoms with E-state index in [2.05, 4.69) is 9.88 Å². The van der Waals surface area contributed by atoms with Crippen molar-refractivity contribution in [2.45, 2.75) is 38.8 Å². The van der Waals surface area contributed by atoms with E-state index in [1.54, 1.807) is 0 Å². The van der Waals surface area contributed by atoms with E-state index in [1.807, 2.05) is 43.1 Å². The molecular formula is C19H26N4O2. The number of carboxylic acids is 1. The number of hydrogen-bond acceptors (Lipinski definition) is 5. The molecule has 2 heterocycles. The van der Waals surface area contributed by atoms with Gasteiger partial charge in [-0.2, -0.15) is 0 Å². The molecule has 1 aliphatic heterocycles. The Bertz CT molecular complexity index is 749. The summed E-state index contributed by atoms with van der Waals surface area (Å²) in [4.78, 5) is 24.8. The Hall–Kier alpha value is -2.05. The van der Waals surface area contributed by atoms with Gasteiger partial charge in [-0.1, -0.05) is 12.1 Å². The number of likely N-dealkylation sites (tertiary alicyclic amines) is 1. The zero-order valence-electron chi connectivity index (χ0n) is 15.0. The first-order valence-electron chi connectivity index (χ1n) is 8.89. The molecule has 1 aromatic carbocycles. The molecule has 1 atom stereocenters.